The number of carboxylic acid groups (broad SMARTS) is 1. The summed E-state index contributed by atoms with van der Waals surface area (Å²) in [6, 6.07) is 12.8. The second kappa shape index (κ2) is 7.99. The van der Waals surface area contributed by atoms with Crippen LogP contribution in [-0.4, -0.2) is 23.5 Å². The molecule has 4 nitrogen and oxygen atoms in total. The van der Waals surface area contributed by atoms with Gasteiger partial charge in [0.2, 0.25) is 5.91 Å². The number of benzene rings is 2. The Balaban J connectivity index is 2.15. The molecule has 0 aliphatic carbocycles. The van der Waals surface area contributed by atoms with Crippen LogP contribution in [0.5, 0.6) is 0 Å². The van der Waals surface area contributed by atoms with Crippen molar-refractivity contribution in [1.29, 1.82) is 0 Å². The van der Waals surface area contributed by atoms with E-state index in [2.05, 4.69) is 5.32 Å². The summed E-state index contributed by atoms with van der Waals surface area (Å²) in [6.07, 6.45) is 0.0657. The van der Waals surface area contributed by atoms with E-state index < -0.39 is 5.97 Å². The Hall–Kier alpha value is -2.04. The van der Waals surface area contributed by atoms with Gasteiger partial charge in [0.15, 0.2) is 0 Å². The molecule has 120 valence electrons. The number of nitrogens with one attached hydrogen (secondary N) is 1. The second-order valence-electron chi connectivity index (χ2n) is 4.96. The van der Waals surface area contributed by atoms with Crippen molar-refractivity contribution in [3.63, 3.8) is 0 Å². The van der Waals surface area contributed by atoms with Gasteiger partial charge in [-0.25, -0.2) is 0 Å². The zero-order chi connectivity index (χ0) is 16.8. The molecule has 0 bridgehead atoms. The van der Waals surface area contributed by atoms with E-state index in [1.165, 1.54) is 0 Å². The molecule has 1 amide bonds. The topological polar surface area (TPSA) is 66.4 Å². The lowest BCUT2D eigenvalue weighted by Gasteiger charge is -2.11. The summed E-state index contributed by atoms with van der Waals surface area (Å²) in [7, 11) is 0. The van der Waals surface area contributed by atoms with E-state index in [4.69, 9.17) is 28.3 Å². The van der Waals surface area contributed by atoms with Crippen LogP contribution in [0.3, 0.4) is 0 Å². The predicted octanol–water partition coefficient (Wildman–Crippen LogP) is 3.79. The van der Waals surface area contributed by atoms with E-state index in [1.807, 2.05) is 30.3 Å². The van der Waals surface area contributed by atoms with Crippen LogP contribution in [0, 0.1) is 0 Å². The minimum absolute atomic E-state index is 0.0970. The van der Waals surface area contributed by atoms with Gasteiger partial charge < -0.3 is 10.4 Å². The third kappa shape index (κ3) is 4.98. The summed E-state index contributed by atoms with van der Waals surface area (Å²) in [5.74, 6) is -1.17. The highest BCUT2D eigenvalue weighted by Gasteiger charge is 2.10. The second-order valence-corrected chi connectivity index (χ2v) is 5.77. The lowest BCUT2D eigenvalue weighted by Crippen LogP contribution is -2.27. The van der Waals surface area contributed by atoms with E-state index in [9.17, 15) is 9.59 Å². The van der Waals surface area contributed by atoms with Crippen molar-refractivity contribution in [2.45, 2.75) is 12.8 Å². The van der Waals surface area contributed by atoms with Crippen LogP contribution in [0.15, 0.2) is 42.5 Å². The number of rotatable bonds is 6. The standard InChI is InChI=1S/C17H15Cl2NO3/c18-14-6-5-12(9-15(14)19)13-4-2-1-3-11(13)10-16(21)20-8-7-17(22)23/h1-6,9H,7-8,10H2,(H,20,21)(H,22,23). The highest BCUT2D eigenvalue weighted by molar-refractivity contribution is 6.42. The molecule has 0 saturated heterocycles. The Bertz CT molecular complexity index is 732. The van der Waals surface area contributed by atoms with Crippen molar-refractivity contribution < 1.29 is 14.7 Å². The molecule has 2 N–H and O–H groups in total. The van der Waals surface area contributed by atoms with Crippen molar-refractivity contribution in [2.75, 3.05) is 6.54 Å². The average molecular weight is 352 g/mol. The van der Waals surface area contributed by atoms with Gasteiger partial charge in [-0.05, 0) is 28.8 Å². The number of carbonyl (C=O) groups excluding carboxylic acids is 1. The maximum Gasteiger partial charge on any atom is 0.305 e. The molecule has 0 aliphatic heterocycles. The van der Waals surface area contributed by atoms with Crippen molar-refractivity contribution in [3.8, 4) is 11.1 Å². The molecule has 0 spiro atoms. The summed E-state index contributed by atoms with van der Waals surface area (Å²) in [5, 5.41) is 12.1. The van der Waals surface area contributed by atoms with Gasteiger partial charge >= 0.3 is 5.97 Å². The smallest absolute Gasteiger partial charge is 0.305 e. The van der Waals surface area contributed by atoms with Crippen LogP contribution in [0.25, 0.3) is 11.1 Å². The summed E-state index contributed by atoms with van der Waals surface area (Å²) >= 11 is 12.0. The summed E-state index contributed by atoms with van der Waals surface area (Å²) in [5.41, 5.74) is 2.59. The van der Waals surface area contributed by atoms with Gasteiger partial charge in [0.05, 0.1) is 22.9 Å². The van der Waals surface area contributed by atoms with E-state index in [1.54, 1.807) is 12.1 Å². The summed E-state index contributed by atoms with van der Waals surface area (Å²) in [6.45, 7) is 0.114. The normalized spacial score (nSPS) is 10.3. The fourth-order valence-corrected chi connectivity index (χ4v) is 2.46. The quantitative estimate of drug-likeness (QED) is 0.831. The summed E-state index contributed by atoms with van der Waals surface area (Å²) < 4.78 is 0. The lowest BCUT2D eigenvalue weighted by molar-refractivity contribution is -0.136. The minimum Gasteiger partial charge on any atom is -0.481 e. The first-order valence-electron chi connectivity index (χ1n) is 6.99. The van der Waals surface area contributed by atoms with Crippen LogP contribution in [0.1, 0.15) is 12.0 Å². The summed E-state index contributed by atoms with van der Waals surface area (Å²) in [4.78, 5) is 22.4. The van der Waals surface area contributed by atoms with Gasteiger partial charge in [-0.3, -0.25) is 9.59 Å². The van der Waals surface area contributed by atoms with Crippen molar-refractivity contribution in [3.05, 3.63) is 58.1 Å². The van der Waals surface area contributed by atoms with Crippen LogP contribution in [-0.2, 0) is 16.0 Å². The van der Waals surface area contributed by atoms with Gasteiger partial charge in [-0.15, -0.1) is 0 Å². The molecule has 0 aromatic heterocycles. The van der Waals surface area contributed by atoms with Gasteiger partial charge in [0, 0.05) is 6.54 Å². The van der Waals surface area contributed by atoms with Gasteiger partial charge in [-0.2, -0.15) is 0 Å². The highest BCUT2D eigenvalue weighted by Crippen LogP contribution is 2.30. The third-order valence-electron chi connectivity index (χ3n) is 3.26. The van der Waals surface area contributed by atoms with Gasteiger partial charge in [-0.1, -0.05) is 53.5 Å². The number of hydrogen-bond acceptors (Lipinski definition) is 2. The first-order valence-corrected chi connectivity index (χ1v) is 7.75. The first kappa shape index (κ1) is 17.3. The number of aliphatic carboxylic acids is 1. The van der Waals surface area contributed by atoms with Gasteiger partial charge in [0.25, 0.3) is 0 Å². The minimum atomic E-state index is -0.943. The molecule has 0 aliphatic rings. The molecular formula is C17H15Cl2NO3. The maximum atomic E-state index is 11.9. The number of carboxylic acids is 1. The molecule has 2 aromatic rings. The van der Waals surface area contributed by atoms with Crippen LogP contribution in [0.2, 0.25) is 10.0 Å². The van der Waals surface area contributed by atoms with E-state index in [0.29, 0.717) is 10.0 Å². The Morgan fingerprint density at radius 1 is 1.04 bits per heavy atom. The molecule has 2 aromatic carbocycles. The maximum absolute atomic E-state index is 11.9. The molecule has 0 fully saturated rings. The molecule has 0 saturated carbocycles. The molecule has 0 atom stereocenters. The van der Waals surface area contributed by atoms with E-state index in [0.717, 1.165) is 16.7 Å². The molecule has 0 unspecified atom stereocenters. The van der Waals surface area contributed by atoms with Crippen LogP contribution < -0.4 is 5.32 Å². The van der Waals surface area contributed by atoms with E-state index >= 15 is 0 Å². The predicted molar refractivity (Wildman–Crippen MR) is 90.9 cm³/mol. The Kier molecular flexibility index (Phi) is 6.02. The fraction of sp³-hybridized carbons (Fsp3) is 0.176. The number of amides is 1. The molecule has 6 heteroatoms. The van der Waals surface area contributed by atoms with Crippen molar-refractivity contribution >= 4 is 35.1 Å². The SMILES string of the molecule is O=C(O)CCNC(=O)Cc1ccccc1-c1ccc(Cl)c(Cl)c1. The molecule has 23 heavy (non-hydrogen) atoms. The molecule has 0 heterocycles. The Labute approximate surface area is 144 Å². The fourth-order valence-electron chi connectivity index (χ4n) is 2.16. The molecule has 2 rings (SSSR count). The highest BCUT2D eigenvalue weighted by atomic mass is 35.5. The number of hydrogen-bond donors (Lipinski definition) is 2. The van der Waals surface area contributed by atoms with Crippen LogP contribution >= 0.6 is 23.2 Å². The average Bonchev–Trinajstić information content (AvgIpc) is 2.50. The lowest BCUT2D eigenvalue weighted by atomic mass is 9.97. The molecular weight excluding hydrogens is 337 g/mol. The monoisotopic (exact) mass is 351 g/mol. The first-order chi connectivity index (χ1) is 11.0. The number of halogens is 2. The molecule has 0 radical (unpaired) electrons. The third-order valence-corrected chi connectivity index (χ3v) is 4.00. The zero-order valence-corrected chi connectivity index (χ0v) is 13.7. The van der Waals surface area contributed by atoms with Crippen LogP contribution in [0.4, 0.5) is 0 Å². The van der Waals surface area contributed by atoms with Gasteiger partial charge in [0.1, 0.15) is 0 Å². The van der Waals surface area contributed by atoms with Crippen molar-refractivity contribution in [1.82, 2.24) is 5.32 Å². The number of carbonyl (C=O) groups is 2. The Morgan fingerprint density at radius 3 is 2.48 bits per heavy atom. The zero-order valence-electron chi connectivity index (χ0n) is 12.2. The van der Waals surface area contributed by atoms with E-state index in [-0.39, 0.29) is 25.3 Å². The Morgan fingerprint density at radius 2 is 1.78 bits per heavy atom. The van der Waals surface area contributed by atoms with Crippen molar-refractivity contribution in [2.24, 2.45) is 0 Å². The largest absolute Gasteiger partial charge is 0.481 e.